The average molecular weight is 181 g/mol. The third kappa shape index (κ3) is 2.30. The van der Waals surface area contributed by atoms with Gasteiger partial charge in [-0.1, -0.05) is 40.3 Å². The number of allylic oxidation sites excluding steroid dienone is 4. The molecule has 1 fully saturated rings. The fourth-order valence-electron chi connectivity index (χ4n) is 1.38. The van der Waals surface area contributed by atoms with E-state index in [2.05, 4.69) is 38.9 Å². The van der Waals surface area contributed by atoms with Crippen molar-refractivity contribution in [2.45, 2.75) is 6.92 Å². The molecule has 1 atom stereocenters. The Balaban J connectivity index is 2.55. The van der Waals surface area contributed by atoms with E-state index in [4.69, 9.17) is 0 Å². The fourth-order valence-corrected chi connectivity index (χ4v) is 1.89. The summed E-state index contributed by atoms with van der Waals surface area (Å²) in [6, 6.07) is 0. The normalized spacial score (nSPS) is 21.3. The molecule has 1 heterocycles. The highest BCUT2D eigenvalue weighted by atomic mass is 31.0. The molecule has 2 heteroatoms. The fraction of sp³-hybridized carbons (Fsp3) is 0.400. The summed E-state index contributed by atoms with van der Waals surface area (Å²) >= 11 is 0. The zero-order valence-electron chi connectivity index (χ0n) is 7.53. The highest BCUT2D eigenvalue weighted by Crippen LogP contribution is 2.26. The van der Waals surface area contributed by atoms with Gasteiger partial charge in [0.15, 0.2) is 0 Å². The number of hydrogen-bond donors (Lipinski definition) is 0. The van der Waals surface area contributed by atoms with E-state index < -0.39 is 0 Å². The van der Waals surface area contributed by atoms with Gasteiger partial charge in [0.1, 0.15) is 0 Å². The van der Waals surface area contributed by atoms with Crippen molar-refractivity contribution in [3.63, 3.8) is 0 Å². The van der Waals surface area contributed by atoms with Crippen molar-refractivity contribution < 1.29 is 0 Å². The molecule has 0 aromatic carbocycles. The van der Waals surface area contributed by atoms with Gasteiger partial charge in [-0.2, -0.15) is 0 Å². The minimum atomic E-state index is 0.705. The zero-order chi connectivity index (χ0) is 8.97. The second-order valence-corrected chi connectivity index (χ2v) is 3.78. The van der Waals surface area contributed by atoms with Crippen LogP contribution in [0, 0.1) is 5.92 Å². The van der Waals surface area contributed by atoms with E-state index in [1.807, 2.05) is 13.0 Å². The van der Waals surface area contributed by atoms with Crippen LogP contribution in [0.5, 0.6) is 0 Å². The predicted molar refractivity (Wildman–Crippen MR) is 57.9 cm³/mol. The second kappa shape index (κ2) is 4.59. The third-order valence-corrected chi connectivity index (χ3v) is 2.47. The minimum Gasteiger partial charge on any atom is -0.286 e. The molecule has 1 aliphatic heterocycles. The first-order chi connectivity index (χ1) is 5.77. The summed E-state index contributed by atoms with van der Waals surface area (Å²) in [6.45, 7) is 8.06. The summed E-state index contributed by atoms with van der Waals surface area (Å²) in [7, 11) is 2.72. The summed E-state index contributed by atoms with van der Waals surface area (Å²) in [5.74, 6) is 0.705. The number of rotatable bonds is 3. The van der Waals surface area contributed by atoms with Crippen LogP contribution >= 0.6 is 9.39 Å². The van der Waals surface area contributed by atoms with Crippen LogP contribution in [0.15, 0.2) is 36.5 Å². The van der Waals surface area contributed by atoms with E-state index in [1.54, 1.807) is 0 Å². The molecule has 1 aliphatic rings. The summed E-state index contributed by atoms with van der Waals surface area (Å²) in [4.78, 5) is 0. The molecular weight excluding hydrogens is 165 g/mol. The minimum absolute atomic E-state index is 0.705. The molecule has 1 rings (SSSR count). The van der Waals surface area contributed by atoms with Gasteiger partial charge in [-0.05, 0) is 12.5 Å². The molecule has 1 saturated heterocycles. The lowest BCUT2D eigenvalue weighted by molar-refractivity contribution is 0.257. The van der Waals surface area contributed by atoms with Gasteiger partial charge in [-0.15, -0.1) is 0 Å². The molecule has 1 nitrogen and oxygen atoms in total. The van der Waals surface area contributed by atoms with Crippen LogP contribution in [-0.4, -0.2) is 17.8 Å². The van der Waals surface area contributed by atoms with Gasteiger partial charge in [0, 0.05) is 19.0 Å². The summed E-state index contributed by atoms with van der Waals surface area (Å²) < 4.78 is 2.24. The van der Waals surface area contributed by atoms with Gasteiger partial charge < -0.3 is 0 Å². The molecule has 0 aromatic heterocycles. The van der Waals surface area contributed by atoms with Crippen molar-refractivity contribution >= 4 is 9.39 Å². The molecule has 0 bridgehead atoms. The van der Waals surface area contributed by atoms with Crippen molar-refractivity contribution in [3.05, 3.63) is 36.5 Å². The maximum absolute atomic E-state index is 3.71. The Labute approximate surface area is 77.1 Å². The van der Waals surface area contributed by atoms with Crippen LogP contribution in [0.25, 0.3) is 0 Å². The van der Waals surface area contributed by atoms with Crippen molar-refractivity contribution in [1.82, 2.24) is 4.67 Å². The smallest absolute Gasteiger partial charge is 0.00997 e. The summed E-state index contributed by atoms with van der Waals surface area (Å²) in [6.07, 6.45) is 8.22. The summed E-state index contributed by atoms with van der Waals surface area (Å²) in [5.41, 5.74) is 1.39. The Morgan fingerprint density at radius 2 is 2.25 bits per heavy atom. The van der Waals surface area contributed by atoms with Gasteiger partial charge in [0.05, 0.1) is 0 Å². The van der Waals surface area contributed by atoms with Crippen LogP contribution in [0.2, 0.25) is 0 Å². The van der Waals surface area contributed by atoms with Crippen molar-refractivity contribution in [3.8, 4) is 0 Å². The molecule has 0 aliphatic carbocycles. The lowest BCUT2D eigenvalue weighted by Crippen LogP contribution is -2.40. The van der Waals surface area contributed by atoms with Crippen molar-refractivity contribution in [1.29, 1.82) is 0 Å². The van der Waals surface area contributed by atoms with Crippen LogP contribution in [0.1, 0.15) is 6.92 Å². The van der Waals surface area contributed by atoms with Gasteiger partial charge >= 0.3 is 0 Å². The standard InChI is InChI=1S/C10H16NP/c1-3-5-9(6-4-2)10-7-11(12)8-10/h3-6,10H,1,7-8,12H2,2H3/b6-4-,9-5+. The molecule has 0 aromatic rings. The molecule has 66 valence electrons. The van der Waals surface area contributed by atoms with E-state index in [0.29, 0.717) is 5.92 Å². The Morgan fingerprint density at radius 1 is 1.58 bits per heavy atom. The third-order valence-electron chi connectivity index (χ3n) is 2.05. The largest absolute Gasteiger partial charge is 0.286 e. The molecule has 12 heavy (non-hydrogen) atoms. The van der Waals surface area contributed by atoms with Gasteiger partial charge in [-0.25, -0.2) is 0 Å². The molecule has 0 saturated carbocycles. The molecule has 0 spiro atoms. The zero-order valence-corrected chi connectivity index (χ0v) is 8.69. The van der Waals surface area contributed by atoms with Gasteiger partial charge in [0.2, 0.25) is 0 Å². The Morgan fingerprint density at radius 3 is 2.67 bits per heavy atom. The van der Waals surface area contributed by atoms with E-state index in [0.717, 1.165) is 13.1 Å². The van der Waals surface area contributed by atoms with E-state index in [1.165, 1.54) is 5.57 Å². The van der Waals surface area contributed by atoms with E-state index in [9.17, 15) is 0 Å². The predicted octanol–water partition coefficient (Wildman–Crippen LogP) is 2.40. The average Bonchev–Trinajstić information content (AvgIpc) is 1.99. The second-order valence-electron chi connectivity index (χ2n) is 3.05. The Kier molecular flexibility index (Phi) is 3.71. The number of hydrogen-bond acceptors (Lipinski definition) is 1. The highest BCUT2D eigenvalue weighted by molar-refractivity contribution is 7.13. The topological polar surface area (TPSA) is 3.24 Å². The van der Waals surface area contributed by atoms with Gasteiger partial charge in [-0.3, -0.25) is 4.67 Å². The first kappa shape index (κ1) is 9.70. The van der Waals surface area contributed by atoms with Crippen LogP contribution in [0.4, 0.5) is 0 Å². The monoisotopic (exact) mass is 181 g/mol. The molecule has 0 N–H and O–H groups in total. The SMILES string of the molecule is C=C/C=C(\C=C/C)C1CN(P)C1. The van der Waals surface area contributed by atoms with E-state index in [-0.39, 0.29) is 0 Å². The molecule has 1 unspecified atom stereocenters. The van der Waals surface area contributed by atoms with Crippen molar-refractivity contribution in [2.24, 2.45) is 5.92 Å². The van der Waals surface area contributed by atoms with Crippen LogP contribution in [-0.2, 0) is 0 Å². The molecule has 0 amide bonds. The molecular formula is C10H16NP. The number of nitrogens with zero attached hydrogens (tertiary/aromatic N) is 1. The Hall–Kier alpha value is -0.390. The Bertz CT molecular complexity index is 212. The quantitative estimate of drug-likeness (QED) is 0.477. The van der Waals surface area contributed by atoms with Gasteiger partial charge in [0.25, 0.3) is 0 Å². The van der Waals surface area contributed by atoms with Crippen LogP contribution in [0.3, 0.4) is 0 Å². The lowest BCUT2D eigenvalue weighted by atomic mass is 9.92. The van der Waals surface area contributed by atoms with E-state index >= 15 is 0 Å². The highest BCUT2D eigenvalue weighted by Gasteiger charge is 2.24. The van der Waals surface area contributed by atoms with Crippen LogP contribution < -0.4 is 0 Å². The maximum Gasteiger partial charge on any atom is 0.00997 e. The first-order valence-electron chi connectivity index (χ1n) is 4.23. The molecule has 0 radical (unpaired) electrons. The summed E-state index contributed by atoms with van der Waals surface area (Å²) in [5, 5.41) is 0. The first-order valence-corrected chi connectivity index (χ1v) is 4.74. The van der Waals surface area contributed by atoms with Crippen molar-refractivity contribution in [2.75, 3.05) is 13.1 Å². The maximum atomic E-state index is 3.71. The lowest BCUT2D eigenvalue weighted by Gasteiger charge is -2.36.